The van der Waals surface area contributed by atoms with Crippen molar-refractivity contribution in [2.45, 2.75) is 6.92 Å². The molecule has 0 amide bonds. The van der Waals surface area contributed by atoms with Crippen molar-refractivity contribution in [3.8, 4) is 22.4 Å². The molecule has 142 valence electrons. The Morgan fingerprint density at radius 1 is 0.733 bits per heavy atom. The molecule has 0 aliphatic rings. The van der Waals surface area contributed by atoms with Crippen LogP contribution in [0.15, 0.2) is 95.9 Å². The molecule has 6 rings (SSSR count). The minimum atomic E-state index is 0.817. The summed E-state index contributed by atoms with van der Waals surface area (Å²) in [6, 6.07) is 25.5. The molecule has 3 aromatic heterocycles. The SMILES string of the molecule is Cc1cnc2c(c1)c(-c1ncccc1-c1ccc3ccccc3c1)cc1ccoc12. The molecule has 0 fully saturated rings. The molecule has 3 nitrogen and oxygen atoms in total. The molecule has 6 aromatic rings. The van der Waals surface area contributed by atoms with Gasteiger partial charge < -0.3 is 4.42 Å². The van der Waals surface area contributed by atoms with E-state index >= 15 is 0 Å². The summed E-state index contributed by atoms with van der Waals surface area (Å²) >= 11 is 0. The van der Waals surface area contributed by atoms with Gasteiger partial charge in [-0.1, -0.05) is 42.5 Å². The third-order valence-electron chi connectivity index (χ3n) is 5.65. The van der Waals surface area contributed by atoms with Crippen LogP contribution < -0.4 is 0 Å². The maximum atomic E-state index is 5.74. The summed E-state index contributed by atoms with van der Waals surface area (Å²) in [5, 5.41) is 4.54. The molecule has 0 atom stereocenters. The molecule has 3 aromatic carbocycles. The van der Waals surface area contributed by atoms with Gasteiger partial charge in [-0.25, -0.2) is 0 Å². The average Bonchev–Trinajstić information content (AvgIpc) is 3.27. The minimum absolute atomic E-state index is 0.817. The molecule has 0 saturated heterocycles. The molecule has 0 radical (unpaired) electrons. The summed E-state index contributed by atoms with van der Waals surface area (Å²) in [5.41, 5.74) is 7.07. The summed E-state index contributed by atoms with van der Waals surface area (Å²) in [7, 11) is 0. The van der Waals surface area contributed by atoms with Crippen molar-refractivity contribution in [1.82, 2.24) is 9.97 Å². The summed E-state index contributed by atoms with van der Waals surface area (Å²) < 4.78 is 5.74. The quantitative estimate of drug-likeness (QED) is 0.317. The predicted molar refractivity (Wildman–Crippen MR) is 122 cm³/mol. The van der Waals surface area contributed by atoms with E-state index in [4.69, 9.17) is 9.40 Å². The number of fused-ring (bicyclic) bond motifs is 4. The van der Waals surface area contributed by atoms with E-state index in [9.17, 15) is 0 Å². The van der Waals surface area contributed by atoms with Gasteiger partial charge in [0.25, 0.3) is 0 Å². The molecular formula is C27H18N2O. The highest BCUT2D eigenvalue weighted by atomic mass is 16.3. The normalized spacial score (nSPS) is 11.5. The topological polar surface area (TPSA) is 38.9 Å². The molecule has 0 saturated carbocycles. The third kappa shape index (κ3) is 2.60. The van der Waals surface area contributed by atoms with E-state index in [0.717, 1.165) is 49.8 Å². The van der Waals surface area contributed by atoms with Crippen molar-refractivity contribution in [1.29, 1.82) is 0 Å². The summed E-state index contributed by atoms with van der Waals surface area (Å²) in [6.45, 7) is 2.06. The lowest BCUT2D eigenvalue weighted by Gasteiger charge is -2.13. The fraction of sp³-hybridized carbons (Fsp3) is 0.0370. The average molecular weight is 386 g/mol. The van der Waals surface area contributed by atoms with Crippen LogP contribution in [0.3, 0.4) is 0 Å². The number of nitrogens with zero attached hydrogens (tertiary/aromatic N) is 2. The maximum absolute atomic E-state index is 5.74. The molecule has 0 aliphatic heterocycles. The van der Waals surface area contributed by atoms with Crippen molar-refractivity contribution in [3.05, 3.63) is 97.0 Å². The number of aryl methyl sites for hydroxylation is 1. The van der Waals surface area contributed by atoms with E-state index in [2.05, 4.69) is 72.6 Å². The van der Waals surface area contributed by atoms with Gasteiger partial charge in [-0.15, -0.1) is 0 Å². The van der Waals surface area contributed by atoms with E-state index in [1.54, 1.807) is 6.26 Å². The number of hydrogen-bond donors (Lipinski definition) is 0. The van der Waals surface area contributed by atoms with Gasteiger partial charge >= 0.3 is 0 Å². The number of benzene rings is 3. The molecular weight excluding hydrogens is 368 g/mol. The van der Waals surface area contributed by atoms with E-state index in [1.165, 1.54) is 10.8 Å². The van der Waals surface area contributed by atoms with Gasteiger partial charge in [0.1, 0.15) is 5.52 Å². The predicted octanol–water partition coefficient (Wildman–Crippen LogP) is 7.17. The van der Waals surface area contributed by atoms with Crippen LogP contribution in [0.1, 0.15) is 5.56 Å². The fourth-order valence-corrected chi connectivity index (χ4v) is 4.22. The lowest BCUT2D eigenvalue weighted by molar-refractivity contribution is 0.618. The lowest BCUT2D eigenvalue weighted by atomic mass is 9.94. The second kappa shape index (κ2) is 6.53. The first-order valence-corrected chi connectivity index (χ1v) is 9.99. The van der Waals surface area contributed by atoms with E-state index in [1.807, 2.05) is 24.5 Å². The molecule has 0 aliphatic carbocycles. The number of hydrogen-bond acceptors (Lipinski definition) is 3. The Morgan fingerprint density at radius 2 is 1.63 bits per heavy atom. The van der Waals surface area contributed by atoms with Crippen LogP contribution in [0.4, 0.5) is 0 Å². The Hall–Kier alpha value is -3.98. The standard InChI is InChI=1S/C27H18N2O/c1-17-13-23-24(15-21-10-12-30-27(21)26(23)29-16-17)25-22(7-4-11-28-25)20-9-8-18-5-2-3-6-19(18)14-20/h2-16H,1H3. The summed E-state index contributed by atoms with van der Waals surface area (Å²) in [5.74, 6) is 0. The van der Waals surface area contributed by atoms with Gasteiger partial charge in [0, 0.05) is 34.3 Å². The van der Waals surface area contributed by atoms with Crippen LogP contribution in [0.25, 0.3) is 55.0 Å². The highest BCUT2D eigenvalue weighted by Gasteiger charge is 2.16. The zero-order valence-electron chi connectivity index (χ0n) is 16.5. The van der Waals surface area contributed by atoms with Gasteiger partial charge in [0.2, 0.25) is 0 Å². The molecule has 0 N–H and O–H groups in total. The largest absolute Gasteiger partial charge is 0.462 e. The summed E-state index contributed by atoms with van der Waals surface area (Å²) in [6.07, 6.45) is 5.46. The highest BCUT2D eigenvalue weighted by Crippen LogP contribution is 2.38. The number of pyridine rings is 2. The Bertz CT molecular complexity index is 1560. The second-order valence-corrected chi connectivity index (χ2v) is 7.63. The molecule has 3 heterocycles. The Balaban J connectivity index is 1.67. The molecule has 30 heavy (non-hydrogen) atoms. The Labute approximate surface area is 173 Å². The van der Waals surface area contributed by atoms with E-state index in [-0.39, 0.29) is 0 Å². The van der Waals surface area contributed by atoms with Crippen molar-refractivity contribution in [2.75, 3.05) is 0 Å². The number of aromatic nitrogens is 2. The van der Waals surface area contributed by atoms with E-state index in [0.29, 0.717) is 0 Å². The van der Waals surface area contributed by atoms with Crippen LogP contribution >= 0.6 is 0 Å². The lowest BCUT2D eigenvalue weighted by Crippen LogP contribution is -1.92. The van der Waals surface area contributed by atoms with Crippen LogP contribution in [0, 0.1) is 6.92 Å². The van der Waals surface area contributed by atoms with Gasteiger partial charge in [0.15, 0.2) is 5.58 Å². The maximum Gasteiger partial charge on any atom is 0.160 e. The van der Waals surface area contributed by atoms with Gasteiger partial charge in [-0.2, -0.15) is 0 Å². The fourth-order valence-electron chi connectivity index (χ4n) is 4.22. The molecule has 0 spiro atoms. The van der Waals surface area contributed by atoms with Crippen molar-refractivity contribution in [2.24, 2.45) is 0 Å². The van der Waals surface area contributed by atoms with Gasteiger partial charge in [-0.3, -0.25) is 9.97 Å². The molecule has 0 unspecified atom stereocenters. The van der Waals surface area contributed by atoms with Crippen molar-refractivity contribution >= 4 is 32.6 Å². The molecule has 3 heteroatoms. The zero-order chi connectivity index (χ0) is 20.1. The first-order valence-electron chi connectivity index (χ1n) is 9.99. The van der Waals surface area contributed by atoms with Crippen LogP contribution in [0.2, 0.25) is 0 Å². The van der Waals surface area contributed by atoms with Crippen LogP contribution in [0.5, 0.6) is 0 Å². The van der Waals surface area contributed by atoms with Crippen molar-refractivity contribution < 1.29 is 4.42 Å². The first kappa shape index (κ1) is 16.9. The Kier molecular flexibility index (Phi) is 3.68. The number of furan rings is 1. The van der Waals surface area contributed by atoms with Crippen LogP contribution in [-0.4, -0.2) is 9.97 Å². The Morgan fingerprint density at radius 3 is 2.57 bits per heavy atom. The van der Waals surface area contributed by atoms with Gasteiger partial charge in [0.05, 0.1) is 12.0 Å². The molecule has 0 bridgehead atoms. The van der Waals surface area contributed by atoms with Crippen LogP contribution in [-0.2, 0) is 0 Å². The van der Waals surface area contributed by atoms with Crippen molar-refractivity contribution in [3.63, 3.8) is 0 Å². The van der Waals surface area contributed by atoms with E-state index < -0.39 is 0 Å². The highest BCUT2D eigenvalue weighted by molar-refractivity contribution is 6.10. The number of rotatable bonds is 2. The third-order valence-corrected chi connectivity index (χ3v) is 5.65. The summed E-state index contributed by atoms with van der Waals surface area (Å²) in [4.78, 5) is 9.51. The monoisotopic (exact) mass is 386 g/mol. The smallest absolute Gasteiger partial charge is 0.160 e. The minimum Gasteiger partial charge on any atom is -0.462 e. The first-order chi connectivity index (χ1) is 14.8. The zero-order valence-corrected chi connectivity index (χ0v) is 16.5. The second-order valence-electron chi connectivity index (χ2n) is 7.63. The van der Waals surface area contributed by atoms with Gasteiger partial charge in [-0.05, 0) is 59.2 Å².